The van der Waals surface area contributed by atoms with E-state index in [9.17, 15) is 5.11 Å². The summed E-state index contributed by atoms with van der Waals surface area (Å²) in [5.74, 6) is 1.93. The molecule has 0 radical (unpaired) electrons. The van der Waals surface area contributed by atoms with E-state index in [0.29, 0.717) is 24.8 Å². The summed E-state index contributed by atoms with van der Waals surface area (Å²) in [5, 5.41) is 10.2. The Morgan fingerprint density at radius 2 is 1.81 bits per heavy atom. The number of methoxy groups -OCH3 is 1. The Labute approximate surface area is 186 Å². The van der Waals surface area contributed by atoms with E-state index in [1.807, 2.05) is 24.3 Å². The van der Waals surface area contributed by atoms with E-state index >= 15 is 0 Å². The molecule has 1 aliphatic heterocycles. The molecule has 1 aliphatic rings. The minimum Gasteiger partial charge on any atom is -0.507 e. The molecule has 0 unspecified atom stereocenters. The molecule has 0 spiro atoms. The maximum absolute atomic E-state index is 10.2. The number of nitrogens with two attached hydrogens (primary N) is 1. The van der Waals surface area contributed by atoms with Crippen molar-refractivity contribution in [3.05, 3.63) is 59.7 Å². The molecule has 3 N–H and O–H groups in total. The number of phenols is 1. The highest BCUT2D eigenvalue weighted by Crippen LogP contribution is 2.34. The lowest BCUT2D eigenvalue weighted by Crippen LogP contribution is -2.33. The fraction of sp³-hybridized carbons (Fsp3) is 0.500. The van der Waals surface area contributed by atoms with E-state index in [1.165, 1.54) is 31.2 Å². The van der Waals surface area contributed by atoms with Crippen LogP contribution in [0.1, 0.15) is 55.6 Å². The number of likely N-dealkylation sites (tertiary alicyclic amines) is 1. The number of hydrogen-bond donors (Lipinski definition) is 2. The van der Waals surface area contributed by atoms with Crippen molar-refractivity contribution in [1.82, 2.24) is 4.90 Å². The van der Waals surface area contributed by atoms with Crippen LogP contribution < -0.4 is 10.5 Å². The largest absolute Gasteiger partial charge is 0.507 e. The van der Waals surface area contributed by atoms with Crippen LogP contribution in [-0.2, 0) is 0 Å². The summed E-state index contributed by atoms with van der Waals surface area (Å²) in [7, 11) is 1.76. The smallest absolute Gasteiger partial charge is 0.124 e. The van der Waals surface area contributed by atoms with Crippen molar-refractivity contribution in [3.8, 4) is 11.5 Å². The van der Waals surface area contributed by atoms with Crippen LogP contribution in [0.2, 0.25) is 0 Å². The molecule has 1 heterocycles. The van der Waals surface area contributed by atoms with Gasteiger partial charge >= 0.3 is 0 Å². The lowest BCUT2D eigenvalue weighted by molar-refractivity contribution is 0.207. The third-order valence-electron chi connectivity index (χ3n) is 6.20. The number of ether oxygens (including phenoxy) is 1. The maximum atomic E-state index is 10.2. The third kappa shape index (κ3) is 6.81. The predicted octanol–water partition coefficient (Wildman–Crippen LogP) is 4.59. The van der Waals surface area contributed by atoms with E-state index < -0.39 is 0 Å². The molecule has 2 aromatic rings. The SMILES string of the molecule is COc1ccccc1C1CCN(CCCCC/C(=N\CCN)c2ccccc2O)CC1. The number of para-hydroxylation sites is 2. The zero-order chi connectivity index (χ0) is 21.9. The van der Waals surface area contributed by atoms with E-state index in [-0.39, 0.29) is 0 Å². The summed E-state index contributed by atoms with van der Waals surface area (Å²) in [4.78, 5) is 7.22. The molecule has 0 bridgehead atoms. The number of piperidine rings is 1. The number of hydrogen-bond acceptors (Lipinski definition) is 5. The van der Waals surface area contributed by atoms with Crippen molar-refractivity contribution >= 4 is 5.71 Å². The molecule has 5 heteroatoms. The van der Waals surface area contributed by atoms with Crippen molar-refractivity contribution < 1.29 is 9.84 Å². The number of nitrogens with zero attached hydrogens (tertiary/aromatic N) is 2. The summed E-state index contributed by atoms with van der Waals surface area (Å²) < 4.78 is 5.55. The summed E-state index contributed by atoms with van der Waals surface area (Å²) in [5.41, 5.74) is 8.81. The Morgan fingerprint density at radius 1 is 1.06 bits per heavy atom. The number of unbranched alkanes of at least 4 members (excludes halogenated alkanes) is 2. The average molecular weight is 424 g/mol. The van der Waals surface area contributed by atoms with E-state index in [1.54, 1.807) is 13.2 Å². The maximum Gasteiger partial charge on any atom is 0.124 e. The summed E-state index contributed by atoms with van der Waals surface area (Å²) in [6, 6.07) is 15.9. The van der Waals surface area contributed by atoms with Crippen LogP contribution in [0.5, 0.6) is 11.5 Å². The summed E-state index contributed by atoms with van der Waals surface area (Å²) in [6.07, 6.45) is 6.72. The van der Waals surface area contributed by atoms with Gasteiger partial charge < -0.3 is 20.5 Å². The lowest BCUT2D eigenvalue weighted by Gasteiger charge is -2.32. The molecule has 5 nitrogen and oxygen atoms in total. The monoisotopic (exact) mass is 423 g/mol. The van der Waals surface area contributed by atoms with Crippen LogP contribution >= 0.6 is 0 Å². The Balaban J connectivity index is 1.39. The molecule has 2 aromatic carbocycles. The number of rotatable bonds is 11. The minimum atomic E-state index is 0.302. The van der Waals surface area contributed by atoms with Crippen molar-refractivity contribution in [2.24, 2.45) is 10.7 Å². The van der Waals surface area contributed by atoms with Crippen molar-refractivity contribution in [2.75, 3.05) is 39.8 Å². The van der Waals surface area contributed by atoms with Crippen molar-refractivity contribution in [2.45, 2.75) is 44.4 Å². The Hall–Kier alpha value is -2.37. The third-order valence-corrected chi connectivity index (χ3v) is 6.20. The van der Waals surface area contributed by atoms with Crippen molar-refractivity contribution in [1.29, 1.82) is 0 Å². The molecule has 1 fully saturated rings. The zero-order valence-electron chi connectivity index (χ0n) is 18.8. The second kappa shape index (κ2) is 12.5. The van der Waals surface area contributed by atoms with Gasteiger partial charge in [0.1, 0.15) is 11.5 Å². The molecule has 0 aliphatic carbocycles. The Kier molecular flexibility index (Phi) is 9.38. The molecular formula is C26H37N3O2. The first-order valence-corrected chi connectivity index (χ1v) is 11.6. The Morgan fingerprint density at radius 3 is 2.55 bits per heavy atom. The molecule has 168 valence electrons. The fourth-order valence-electron chi connectivity index (χ4n) is 4.49. The van der Waals surface area contributed by atoms with Gasteiger partial charge in [-0.3, -0.25) is 4.99 Å². The van der Waals surface area contributed by atoms with Gasteiger partial charge in [0.25, 0.3) is 0 Å². The molecular weight excluding hydrogens is 386 g/mol. The van der Waals surface area contributed by atoms with E-state index in [2.05, 4.69) is 28.1 Å². The molecule has 1 saturated heterocycles. The van der Waals surface area contributed by atoms with Crippen LogP contribution in [0.3, 0.4) is 0 Å². The molecule has 31 heavy (non-hydrogen) atoms. The van der Waals surface area contributed by atoms with Crippen LogP contribution in [0.25, 0.3) is 0 Å². The van der Waals surface area contributed by atoms with Gasteiger partial charge in [0.2, 0.25) is 0 Å². The van der Waals surface area contributed by atoms with Crippen LogP contribution in [-0.4, -0.2) is 55.6 Å². The first-order chi connectivity index (χ1) is 15.2. The molecule has 3 rings (SSSR count). The van der Waals surface area contributed by atoms with E-state index in [0.717, 1.165) is 49.5 Å². The van der Waals surface area contributed by atoms with Crippen LogP contribution in [0.15, 0.2) is 53.5 Å². The molecule has 0 amide bonds. The highest BCUT2D eigenvalue weighted by atomic mass is 16.5. The standard InChI is InChI=1S/C26H37N3O2/c1-31-26-13-7-5-9-22(26)21-14-19-29(20-15-21)18-8-2-3-11-24(28-17-16-27)23-10-4-6-12-25(23)30/h4-7,9-10,12-13,21,30H,2-3,8,11,14-20,27H2,1H3/b28-24+. The quantitative estimate of drug-likeness (QED) is 0.410. The van der Waals surface area contributed by atoms with Gasteiger partial charge in [-0.15, -0.1) is 0 Å². The number of aromatic hydroxyl groups is 1. The number of phenolic OH excluding ortho intramolecular Hbond substituents is 1. The number of benzene rings is 2. The normalized spacial score (nSPS) is 15.9. The summed E-state index contributed by atoms with van der Waals surface area (Å²) in [6.45, 7) is 4.60. The second-order valence-electron chi connectivity index (χ2n) is 8.30. The van der Waals surface area contributed by atoms with Crippen LogP contribution in [0.4, 0.5) is 0 Å². The molecule has 0 atom stereocenters. The average Bonchev–Trinajstić information content (AvgIpc) is 2.82. The van der Waals surface area contributed by atoms with Gasteiger partial charge in [-0.05, 0) is 81.4 Å². The second-order valence-corrected chi connectivity index (χ2v) is 8.30. The highest BCUT2D eigenvalue weighted by molar-refractivity contribution is 6.02. The first kappa shape index (κ1) is 23.3. The highest BCUT2D eigenvalue weighted by Gasteiger charge is 2.22. The molecule has 0 saturated carbocycles. The van der Waals surface area contributed by atoms with Crippen molar-refractivity contribution in [3.63, 3.8) is 0 Å². The topological polar surface area (TPSA) is 71.1 Å². The molecule has 0 aromatic heterocycles. The van der Waals surface area contributed by atoms with Gasteiger partial charge in [0, 0.05) is 17.8 Å². The van der Waals surface area contributed by atoms with Gasteiger partial charge in [0.15, 0.2) is 0 Å². The Bertz CT molecular complexity index is 829. The fourth-order valence-corrected chi connectivity index (χ4v) is 4.49. The number of aliphatic imine (C=N–C) groups is 1. The first-order valence-electron chi connectivity index (χ1n) is 11.6. The lowest BCUT2D eigenvalue weighted by atomic mass is 9.88. The predicted molar refractivity (Wildman–Crippen MR) is 128 cm³/mol. The zero-order valence-corrected chi connectivity index (χ0v) is 18.8. The van der Waals surface area contributed by atoms with Crippen LogP contribution in [0, 0.1) is 0 Å². The summed E-state index contributed by atoms with van der Waals surface area (Å²) >= 11 is 0. The van der Waals surface area contributed by atoms with Gasteiger partial charge in [-0.1, -0.05) is 36.8 Å². The minimum absolute atomic E-state index is 0.302. The van der Waals surface area contributed by atoms with Gasteiger partial charge in [-0.25, -0.2) is 0 Å². The van der Waals surface area contributed by atoms with E-state index in [4.69, 9.17) is 10.5 Å². The van der Waals surface area contributed by atoms with Gasteiger partial charge in [-0.2, -0.15) is 0 Å². The van der Waals surface area contributed by atoms with Gasteiger partial charge in [0.05, 0.1) is 13.7 Å².